The predicted molar refractivity (Wildman–Crippen MR) is 73.7 cm³/mol. The van der Waals surface area contributed by atoms with Gasteiger partial charge in [0.05, 0.1) is 0 Å². The molecular formula is C15H25NO. The van der Waals surface area contributed by atoms with Gasteiger partial charge in [0.2, 0.25) is 0 Å². The molecular weight excluding hydrogens is 210 g/mol. The van der Waals surface area contributed by atoms with Crippen LogP contribution in [-0.2, 0) is 6.42 Å². The highest BCUT2D eigenvalue weighted by atomic mass is 16.5. The van der Waals surface area contributed by atoms with Crippen molar-refractivity contribution in [2.75, 3.05) is 26.2 Å². The molecule has 0 heterocycles. The molecule has 17 heavy (non-hydrogen) atoms. The third-order valence-corrected chi connectivity index (χ3v) is 3.03. The van der Waals surface area contributed by atoms with Crippen LogP contribution >= 0.6 is 0 Å². The first-order valence-electron chi connectivity index (χ1n) is 6.74. The molecule has 0 bridgehead atoms. The third-order valence-electron chi connectivity index (χ3n) is 3.03. The standard InChI is InChI=1S/C15H25NO/c1-4-7-14-8-10-15(11-9-14)17-13-12-16(5-2)6-3/h8-11H,4-7,12-13H2,1-3H3. The zero-order valence-electron chi connectivity index (χ0n) is 11.4. The summed E-state index contributed by atoms with van der Waals surface area (Å²) in [4.78, 5) is 2.37. The van der Waals surface area contributed by atoms with Crippen molar-refractivity contribution >= 4 is 0 Å². The summed E-state index contributed by atoms with van der Waals surface area (Å²) < 4.78 is 5.73. The molecule has 2 heteroatoms. The number of likely N-dealkylation sites (N-methyl/N-ethyl adjacent to an activating group) is 1. The lowest BCUT2D eigenvalue weighted by Crippen LogP contribution is -2.27. The monoisotopic (exact) mass is 235 g/mol. The minimum absolute atomic E-state index is 0.773. The maximum Gasteiger partial charge on any atom is 0.119 e. The van der Waals surface area contributed by atoms with E-state index in [1.807, 2.05) is 0 Å². The SMILES string of the molecule is CCCc1ccc(OCCN(CC)CC)cc1. The summed E-state index contributed by atoms with van der Waals surface area (Å²) in [5.74, 6) is 0.983. The van der Waals surface area contributed by atoms with E-state index < -0.39 is 0 Å². The molecule has 0 saturated carbocycles. The van der Waals surface area contributed by atoms with E-state index in [0.717, 1.165) is 38.4 Å². The zero-order chi connectivity index (χ0) is 12.5. The highest BCUT2D eigenvalue weighted by Gasteiger charge is 1.99. The normalized spacial score (nSPS) is 10.8. The summed E-state index contributed by atoms with van der Waals surface area (Å²) in [6, 6.07) is 8.48. The highest BCUT2D eigenvalue weighted by molar-refractivity contribution is 5.27. The van der Waals surface area contributed by atoms with Gasteiger partial charge < -0.3 is 9.64 Å². The molecule has 1 aromatic rings. The van der Waals surface area contributed by atoms with Crippen molar-refractivity contribution in [2.24, 2.45) is 0 Å². The van der Waals surface area contributed by atoms with Crippen LogP contribution in [0.5, 0.6) is 5.75 Å². The van der Waals surface area contributed by atoms with Gasteiger partial charge in [-0.25, -0.2) is 0 Å². The van der Waals surface area contributed by atoms with Crippen LogP contribution in [0, 0.1) is 0 Å². The van der Waals surface area contributed by atoms with Crippen LogP contribution < -0.4 is 4.74 Å². The minimum atomic E-state index is 0.773. The fourth-order valence-corrected chi connectivity index (χ4v) is 1.87. The van der Waals surface area contributed by atoms with Crippen molar-refractivity contribution in [1.29, 1.82) is 0 Å². The van der Waals surface area contributed by atoms with Crippen molar-refractivity contribution in [2.45, 2.75) is 33.6 Å². The van der Waals surface area contributed by atoms with Gasteiger partial charge in [0.15, 0.2) is 0 Å². The van der Waals surface area contributed by atoms with E-state index in [2.05, 4.69) is 49.9 Å². The Hall–Kier alpha value is -1.02. The summed E-state index contributed by atoms with van der Waals surface area (Å²) in [5.41, 5.74) is 1.39. The largest absolute Gasteiger partial charge is 0.492 e. The molecule has 1 aromatic carbocycles. The van der Waals surface area contributed by atoms with Gasteiger partial charge in [-0.3, -0.25) is 0 Å². The van der Waals surface area contributed by atoms with E-state index >= 15 is 0 Å². The van der Waals surface area contributed by atoms with Gasteiger partial charge in [0, 0.05) is 6.54 Å². The molecule has 0 aliphatic carbocycles. The van der Waals surface area contributed by atoms with Gasteiger partial charge in [-0.15, -0.1) is 0 Å². The van der Waals surface area contributed by atoms with E-state index in [1.165, 1.54) is 12.0 Å². The number of rotatable bonds is 8. The second-order valence-corrected chi connectivity index (χ2v) is 4.27. The molecule has 1 rings (SSSR count). The van der Waals surface area contributed by atoms with Gasteiger partial charge in [-0.2, -0.15) is 0 Å². The highest BCUT2D eigenvalue weighted by Crippen LogP contribution is 2.13. The van der Waals surface area contributed by atoms with Gasteiger partial charge in [-0.1, -0.05) is 39.3 Å². The topological polar surface area (TPSA) is 12.5 Å². The number of benzene rings is 1. The molecule has 0 N–H and O–H groups in total. The summed E-state index contributed by atoms with van der Waals surface area (Å²) >= 11 is 0. The number of aryl methyl sites for hydroxylation is 1. The van der Waals surface area contributed by atoms with Crippen molar-refractivity contribution < 1.29 is 4.74 Å². The average Bonchev–Trinajstić information content (AvgIpc) is 2.37. The molecule has 2 nitrogen and oxygen atoms in total. The molecule has 0 spiro atoms. The molecule has 96 valence electrons. The molecule has 0 radical (unpaired) electrons. The first kappa shape index (κ1) is 14.0. The number of nitrogens with zero attached hydrogens (tertiary/aromatic N) is 1. The molecule has 0 fully saturated rings. The summed E-state index contributed by atoms with van der Waals surface area (Å²) in [6.07, 6.45) is 2.35. The fourth-order valence-electron chi connectivity index (χ4n) is 1.87. The maximum absolute atomic E-state index is 5.73. The van der Waals surface area contributed by atoms with Crippen LogP contribution in [0.1, 0.15) is 32.8 Å². The zero-order valence-corrected chi connectivity index (χ0v) is 11.4. The van der Waals surface area contributed by atoms with E-state index in [9.17, 15) is 0 Å². The number of hydrogen-bond donors (Lipinski definition) is 0. The number of ether oxygens (including phenoxy) is 1. The number of hydrogen-bond acceptors (Lipinski definition) is 2. The quantitative estimate of drug-likeness (QED) is 0.685. The predicted octanol–water partition coefficient (Wildman–Crippen LogP) is 3.36. The van der Waals surface area contributed by atoms with Crippen molar-refractivity contribution in [1.82, 2.24) is 4.90 Å². The molecule has 0 unspecified atom stereocenters. The van der Waals surface area contributed by atoms with Crippen LogP contribution in [-0.4, -0.2) is 31.1 Å². The van der Waals surface area contributed by atoms with Gasteiger partial charge >= 0.3 is 0 Å². The summed E-state index contributed by atoms with van der Waals surface area (Å²) in [6.45, 7) is 10.5. The first-order chi connectivity index (χ1) is 8.30. The Morgan fingerprint density at radius 1 is 1.00 bits per heavy atom. The Bertz CT molecular complexity index is 290. The summed E-state index contributed by atoms with van der Waals surface area (Å²) in [7, 11) is 0. The average molecular weight is 235 g/mol. The fraction of sp³-hybridized carbons (Fsp3) is 0.600. The lowest BCUT2D eigenvalue weighted by Gasteiger charge is -2.18. The van der Waals surface area contributed by atoms with Crippen LogP contribution in [0.4, 0.5) is 0 Å². The Balaban J connectivity index is 2.31. The Morgan fingerprint density at radius 2 is 1.65 bits per heavy atom. The third kappa shape index (κ3) is 5.22. The van der Waals surface area contributed by atoms with E-state index in [4.69, 9.17) is 4.74 Å². The van der Waals surface area contributed by atoms with Crippen LogP contribution in [0.2, 0.25) is 0 Å². The van der Waals surface area contributed by atoms with E-state index in [-0.39, 0.29) is 0 Å². The smallest absolute Gasteiger partial charge is 0.119 e. The molecule has 0 aliphatic heterocycles. The van der Waals surface area contributed by atoms with Crippen molar-refractivity contribution in [3.63, 3.8) is 0 Å². The Labute approximate surface area is 106 Å². The lowest BCUT2D eigenvalue weighted by atomic mass is 10.1. The van der Waals surface area contributed by atoms with Gasteiger partial charge in [-0.05, 0) is 37.2 Å². The van der Waals surface area contributed by atoms with Crippen LogP contribution in [0.15, 0.2) is 24.3 Å². The Morgan fingerprint density at radius 3 is 2.18 bits per heavy atom. The molecule has 0 aliphatic rings. The second-order valence-electron chi connectivity index (χ2n) is 4.27. The Kier molecular flexibility index (Phi) is 6.71. The first-order valence-corrected chi connectivity index (χ1v) is 6.74. The van der Waals surface area contributed by atoms with E-state index in [1.54, 1.807) is 0 Å². The van der Waals surface area contributed by atoms with Gasteiger partial charge in [0.1, 0.15) is 12.4 Å². The molecule has 0 atom stereocenters. The molecule has 0 amide bonds. The van der Waals surface area contributed by atoms with Crippen LogP contribution in [0.3, 0.4) is 0 Å². The maximum atomic E-state index is 5.73. The van der Waals surface area contributed by atoms with Crippen molar-refractivity contribution in [3.05, 3.63) is 29.8 Å². The minimum Gasteiger partial charge on any atom is -0.492 e. The molecule has 0 saturated heterocycles. The molecule has 0 aromatic heterocycles. The van der Waals surface area contributed by atoms with Crippen molar-refractivity contribution in [3.8, 4) is 5.75 Å². The van der Waals surface area contributed by atoms with Gasteiger partial charge in [0.25, 0.3) is 0 Å². The second kappa shape index (κ2) is 8.13. The summed E-state index contributed by atoms with van der Waals surface area (Å²) in [5, 5.41) is 0. The van der Waals surface area contributed by atoms with Crippen LogP contribution in [0.25, 0.3) is 0 Å². The van der Waals surface area contributed by atoms with E-state index in [0.29, 0.717) is 0 Å². The lowest BCUT2D eigenvalue weighted by molar-refractivity contribution is 0.223.